The first-order valence-corrected chi connectivity index (χ1v) is 5.32. The molecule has 1 aliphatic rings. The molecule has 1 N–H and O–H groups in total. The van der Waals surface area contributed by atoms with Gasteiger partial charge >= 0.3 is 0 Å². The predicted octanol–water partition coefficient (Wildman–Crippen LogP) is 3.23. The standard InChI is InChI=1S/C9H15Cl2N/c10-6-8(11)7-12-9-4-2-1-3-5-9/h6,9,12H,1-5,7H2/b8-6+. The Labute approximate surface area is 84.1 Å². The molecule has 0 aromatic rings. The lowest BCUT2D eigenvalue weighted by molar-refractivity contribution is 0.384. The Morgan fingerprint density at radius 2 is 2.00 bits per heavy atom. The molecule has 0 aromatic heterocycles. The van der Waals surface area contributed by atoms with Gasteiger partial charge in [0.2, 0.25) is 0 Å². The molecule has 3 heteroatoms. The summed E-state index contributed by atoms with van der Waals surface area (Å²) in [5, 5.41) is 4.08. The van der Waals surface area contributed by atoms with Crippen molar-refractivity contribution < 1.29 is 0 Å². The lowest BCUT2D eigenvalue weighted by Gasteiger charge is -2.22. The quantitative estimate of drug-likeness (QED) is 0.750. The van der Waals surface area contributed by atoms with E-state index in [9.17, 15) is 0 Å². The van der Waals surface area contributed by atoms with Crippen molar-refractivity contribution in [2.45, 2.75) is 38.1 Å². The molecule has 0 amide bonds. The van der Waals surface area contributed by atoms with Crippen molar-refractivity contribution in [2.75, 3.05) is 6.54 Å². The van der Waals surface area contributed by atoms with Crippen LogP contribution in [0.15, 0.2) is 10.6 Å². The Morgan fingerprint density at radius 3 is 2.58 bits per heavy atom. The van der Waals surface area contributed by atoms with Crippen molar-refractivity contribution in [2.24, 2.45) is 0 Å². The van der Waals surface area contributed by atoms with E-state index in [4.69, 9.17) is 23.2 Å². The first-order valence-electron chi connectivity index (χ1n) is 4.51. The zero-order valence-electron chi connectivity index (χ0n) is 7.15. The fourth-order valence-corrected chi connectivity index (χ4v) is 1.74. The molecule has 0 spiro atoms. The van der Waals surface area contributed by atoms with Crippen LogP contribution in [-0.4, -0.2) is 12.6 Å². The molecule has 0 radical (unpaired) electrons. The lowest BCUT2D eigenvalue weighted by Crippen LogP contribution is -2.31. The molecule has 0 saturated heterocycles. The number of hydrogen-bond acceptors (Lipinski definition) is 1. The summed E-state index contributed by atoms with van der Waals surface area (Å²) in [5.41, 5.74) is 1.43. The molecule has 1 fully saturated rings. The summed E-state index contributed by atoms with van der Waals surface area (Å²) in [5.74, 6) is 0. The molecule has 0 unspecified atom stereocenters. The number of rotatable bonds is 3. The van der Waals surface area contributed by atoms with E-state index >= 15 is 0 Å². The summed E-state index contributed by atoms with van der Waals surface area (Å²) in [6, 6.07) is 0.657. The van der Waals surface area contributed by atoms with Crippen LogP contribution in [0.3, 0.4) is 0 Å². The molecular formula is C9H15Cl2N. The van der Waals surface area contributed by atoms with E-state index in [1.54, 1.807) is 0 Å². The molecule has 70 valence electrons. The Bertz CT molecular complexity index is 151. The fourth-order valence-electron chi connectivity index (χ4n) is 1.59. The van der Waals surface area contributed by atoms with Crippen molar-refractivity contribution in [3.8, 4) is 0 Å². The monoisotopic (exact) mass is 207 g/mol. The van der Waals surface area contributed by atoms with Crippen molar-refractivity contribution in [1.82, 2.24) is 5.32 Å². The minimum absolute atomic E-state index is 0.657. The second-order valence-electron chi connectivity index (χ2n) is 3.27. The van der Waals surface area contributed by atoms with Crippen LogP contribution in [0.25, 0.3) is 0 Å². The Hall–Kier alpha value is 0.280. The van der Waals surface area contributed by atoms with E-state index in [0.717, 1.165) is 6.54 Å². The van der Waals surface area contributed by atoms with Gasteiger partial charge in [-0.15, -0.1) is 0 Å². The summed E-state index contributed by atoms with van der Waals surface area (Å²) in [7, 11) is 0. The van der Waals surface area contributed by atoms with Crippen LogP contribution in [0.5, 0.6) is 0 Å². The van der Waals surface area contributed by atoms with Gasteiger partial charge in [0.05, 0.1) is 0 Å². The zero-order valence-corrected chi connectivity index (χ0v) is 8.67. The number of nitrogens with one attached hydrogen (secondary N) is 1. The largest absolute Gasteiger partial charge is 0.309 e. The summed E-state index contributed by atoms with van der Waals surface area (Å²) in [6.45, 7) is 0.718. The highest BCUT2D eigenvalue weighted by Crippen LogP contribution is 2.17. The minimum atomic E-state index is 0.657. The van der Waals surface area contributed by atoms with Gasteiger partial charge in [0.15, 0.2) is 0 Å². The minimum Gasteiger partial charge on any atom is -0.309 e. The summed E-state index contributed by atoms with van der Waals surface area (Å²) < 4.78 is 0. The summed E-state index contributed by atoms with van der Waals surface area (Å²) >= 11 is 11.2. The van der Waals surface area contributed by atoms with Crippen LogP contribution in [0.4, 0.5) is 0 Å². The van der Waals surface area contributed by atoms with Gasteiger partial charge in [-0.1, -0.05) is 42.5 Å². The van der Waals surface area contributed by atoms with E-state index < -0.39 is 0 Å². The van der Waals surface area contributed by atoms with E-state index in [1.807, 2.05) is 0 Å². The maximum Gasteiger partial charge on any atom is 0.0431 e. The molecule has 1 aliphatic carbocycles. The van der Waals surface area contributed by atoms with Gasteiger partial charge < -0.3 is 5.32 Å². The van der Waals surface area contributed by atoms with Crippen LogP contribution in [0.2, 0.25) is 0 Å². The lowest BCUT2D eigenvalue weighted by atomic mass is 9.95. The van der Waals surface area contributed by atoms with Crippen molar-refractivity contribution in [1.29, 1.82) is 0 Å². The van der Waals surface area contributed by atoms with Gasteiger partial charge in [0.25, 0.3) is 0 Å². The second-order valence-corrected chi connectivity index (χ2v) is 3.98. The normalized spacial score (nSPS) is 21.3. The second kappa shape index (κ2) is 5.85. The maximum absolute atomic E-state index is 5.75. The van der Waals surface area contributed by atoms with Crippen LogP contribution < -0.4 is 5.32 Å². The van der Waals surface area contributed by atoms with E-state index in [1.165, 1.54) is 37.6 Å². The van der Waals surface area contributed by atoms with Gasteiger partial charge in [0.1, 0.15) is 0 Å². The fraction of sp³-hybridized carbons (Fsp3) is 0.778. The highest BCUT2D eigenvalue weighted by molar-refractivity contribution is 6.36. The van der Waals surface area contributed by atoms with Crippen molar-refractivity contribution in [3.05, 3.63) is 10.6 Å². The number of halogens is 2. The third kappa shape index (κ3) is 3.79. The van der Waals surface area contributed by atoms with Crippen LogP contribution in [0, 0.1) is 0 Å². The number of hydrogen-bond donors (Lipinski definition) is 1. The van der Waals surface area contributed by atoms with Crippen LogP contribution in [-0.2, 0) is 0 Å². The molecule has 1 rings (SSSR count). The highest BCUT2D eigenvalue weighted by Gasteiger charge is 2.11. The first-order chi connectivity index (χ1) is 5.83. The molecule has 12 heavy (non-hydrogen) atoms. The summed E-state index contributed by atoms with van der Waals surface area (Å²) in [6.07, 6.45) is 6.65. The Morgan fingerprint density at radius 1 is 1.33 bits per heavy atom. The smallest absolute Gasteiger partial charge is 0.0431 e. The third-order valence-corrected chi connectivity index (χ3v) is 2.90. The van der Waals surface area contributed by atoms with Crippen molar-refractivity contribution >= 4 is 23.2 Å². The van der Waals surface area contributed by atoms with E-state index in [0.29, 0.717) is 11.1 Å². The van der Waals surface area contributed by atoms with Crippen LogP contribution in [0.1, 0.15) is 32.1 Å². The highest BCUT2D eigenvalue weighted by atomic mass is 35.5. The van der Waals surface area contributed by atoms with Gasteiger partial charge in [-0.05, 0) is 12.8 Å². The topological polar surface area (TPSA) is 12.0 Å². The molecule has 0 atom stereocenters. The average molecular weight is 208 g/mol. The molecule has 1 saturated carbocycles. The van der Waals surface area contributed by atoms with E-state index in [2.05, 4.69) is 5.32 Å². The molecule has 0 heterocycles. The first kappa shape index (κ1) is 10.4. The van der Waals surface area contributed by atoms with Gasteiger partial charge in [0, 0.05) is 23.2 Å². The predicted molar refractivity (Wildman–Crippen MR) is 54.7 cm³/mol. The zero-order chi connectivity index (χ0) is 8.81. The molecule has 0 bridgehead atoms. The molecule has 1 nitrogen and oxygen atoms in total. The average Bonchev–Trinajstić information content (AvgIpc) is 2.16. The summed E-state index contributed by atoms with van der Waals surface area (Å²) in [4.78, 5) is 0. The SMILES string of the molecule is Cl/C=C(/Cl)CNC1CCCCC1. The van der Waals surface area contributed by atoms with E-state index in [-0.39, 0.29) is 0 Å². The van der Waals surface area contributed by atoms with Crippen molar-refractivity contribution in [3.63, 3.8) is 0 Å². The third-order valence-electron chi connectivity index (χ3n) is 2.28. The van der Waals surface area contributed by atoms with Gasteiger partial charge in [-0.25, -0.2) is 0 Å². The van der Waals surface area contributed by atoms with Gasteiger partial charge in [-0.3, -0.25) is 0 Å². The van der Waals surface area contributed by atoms with Crippen LogP contribution >= 0.6 is 23.2 Å². The molecule has 0 aromatic carbocycles. The molecule has 0 aliphatic heterocycles. The Balaban J connectivity index is 2.13. The molecular weight excluding hydrogens is 193 g/mol. The van der Waals surface area contributed by atoms with Gasteiger partial charge in [-0.2, -0.15) is 0 Å². The maximum atomic E-state index is 5.75. The Kier molecular flexibility index (Phi) is 5.05.